The highest BCUT2D eigenvalue weighted by Crippen LogP contribution is 2.28. The zero-order valence-corrected chi connectivity index (χ0v) is 20.3. The summed E-state index contributed by atoms with van der Waals surface area (Å²) < 4.78 is 0. The second kappa shape index (κ2) is 11.1. The highest BCUT2D eigenvalue weighted by atomic mass is 16.2. The summed E-state index contributed by atoms with van der Waals surface area (Å²) >= 11 is 0. The first kappa shape index (κ1) is 25.1. The molecule has 2 aromatic rings. The second-order valence-corrected chi connectivity index (χ2v) is 9.20. The Bertz CT molecular complexity index is 1060. The number of nitrogens with two attached hydrogens (primary N) is 1. The number of carbonyl (C=O) groups excluding carboxylic acids is 3. The zero-order valence-electron chi connectivity index (χ0n) is 20.3. The summed E-state index contributed by atoms with van der Waals surface area (Å²) in [6, 6.07) is 17.1. The van der Waals surface area contributed by atoms with Gasteiger partial charge >= 0.3 is 0 Å². The highest BCUT2D eigenvalue weighted by Gasteiger charge is 2.36. The minimum Gasteiger partial charge on any atom is -0.369 e. The van der Waals surface area contributed by atoms with Crippen LogP contribution >= 0.6 is 0 Å². The topological polar surface area (TPSA) is 105 Å². The number of hydrogen-bond donors (Lipinski definition) is 2. The lowest BCUT2D eigenvalue weighted by Gasteiger charge is -2.27. The van der Waals surface area contributed by atoms with Crippen LogP contribution in [0.2, 0.25) is 0 Å². The normalized spacial score (nSPS) is 17.4. The third-order valence-corrected chi connectivity index (χ3v) is 6.18. The van der Waals surface area contributed by atoms with E-state index in [2.05, 4.69) is 5.32 Å². The maximum Gasteiger partial charge on any atom is 0.272 e. The van der Waals surface area contributed by atoms with Crippen LogP contribution in [0.5, 0.6) is 0 Å². The third kappa shape index (κ3) is 5.53. The first-order chi connectivity index (χ1) is 16.2. The van der Waals surface area contributed by atoms with Gasteiger partial charge in [-0.3, -0.25) is 14.4 Å². The van der Waals surface area contributed by atoms with E-state index >= 15 is 0 Å². The molecule has 0 fully saturated rings. The molecule has 180 valence electrons. The van der Waals surface area contributed by atoms with Crippen LogP contribution in [0.4, 0.5) is 5.69 Å². The number of para-hydroxylation sites is 1. The molecule has 0 saturated carbocycles. The minimum atomic E-state index is -1.12. The van der Waals surface area contributed by atoms with E-state index in [1.54, 1.807) is 7.05 Å². The molecule has 34 heavy (non-hydrogen) atoms. The van der Waals surface area contributed by atoms with Crippen molar-refractivity contribution in [2.75, 3.05) is 11.9 Å². The Morgan fingerprint density at radius 3 is 2.32 bits per heavy atom. The van der Waals surface area contributed by atoms with Crippen molar-refractivity contribution in [1.82, 2.24) is 5.32 Å². The van der Waals surface area contributed by atoms with E-state index in [0.29, 0.717) is 30.7 Å². The average Bonchev–Trinajstić information content (AvgIpc) is 2.92. The van der Waals surface area contributed by atoms with Gasteiger partial charge in [0, 0.05) is 30.0 Å². The van der Waals surface area contributed by atoms with Gasteiger partial charge in [-0.1, -0.05) is 75.7 Å². The van der Waals surface area contributed by atoms with Gasteiger partial charge in [0.2, 0.25) is 18.0 Å². The SMILES string of the molecule is CCC[C@H](C(=O)NC1N=C(c2ccccc2)c2ccccc2N(C)C1=O)[C@H](CC(C)C)C(N)=O. The van der Waals surface area contributed by atoms with Crippen LogP contribution in [0.3, 0.4) is 0 Å². The standard InChI is InChI=1S/C27H34N4O3/c1-5-11-19(21(24(28)32)16-17(2)3)26(33)30-25-27(34)31(4)22-15-10-9-14-20(22)23(29-25)18-12-7-6-8-13-18/h6-10,12-15,17,19,21,25H,5,11,16H2,1-4H3,(H2,28,32)(H,30,33)/t19-,21-,25?/m0/s1. The molecule has 1 aliphatic rings. The number of nitrogens with zero attached hydrogens (tertiary/aromatic N) is 2. The molecule has 0 bridgehead atoms. The molecule has 0 spiro atoms. The lowest BCUT2D eigenvalue weighted by atomic mass is 9.81. The van der Waals surface area contributed by atoms with Crippen molar-refractivity contribution in [3.05, 3.63) is 65.7 Å². The number of primary amides is 1. The fourth-order valence-electron chi connectivity index (χ4n) is 4.50. The summed E-state index contributed by atoms with van der Waals surface area (Å²) in [4.78, 5) is 45.4. The Labute approximate surface area is 201 Å². The average molecular weight is 463 g/mol. The maximum atomic E-state index is 13.5. The van der Waals surface area contributed by atoms with Crippen LogP contribution < -0.4 is 16.0 Å². The molecule has 7 nitrogen and oxygen atoms in total. The van der Waals surface area contributed by atoms with Gasteiger partial charge in [-0.15, -0.1) is 0 Å². The first-order valence-corrected chi connectivity index (χ1v) is 11.8. The van der Waals surface area contributed by atoms with E-state index in [1.165, 1.54) is 4.90 Å². The molecule has 3 N–H and O–H groups in total. The lowest BCUT2D eigenvalue weighted by Crippen LogP contribution is -2.50. The van der Waals surface area contributed by atoms with Crippen molar-refractivity contribution < 1.29 is 14.4 Å². The van der Waals surface area contributed by atoms with Crippen LogP contribution in [0.15, 0.2) is 59.6 Å². The third-order valence-electron chi connectivity index (χ3n) is 6.18. The first-order valence-electron chi connectivity index (χ1n) is 11.8. The highest BCUT2D eigenvalue weighted by molar-refractivity contribution is 6.20. The molecule has 0 aromatic heterocycles. The number of rotatable bonds is 9. The number of carbonyl (C=O) groups is 3. The van der Waals surface area contributed by atoms with Gasteiger partial charge in [-0.25, -0.2) is 4.99 Å². The fraction of sp³-hybridized carbons (Fsp3) is 0.407. The quantitative estimate of drug-likeness (QED) is 0.596. The summed E-state index contributed by atoms with van der Waals surface area (Å²) in [6.45, 7) is 5.95. The molecular formula is C27H34N4O3. The van der Waals surface area contributed by atoms with Crippen molar-refractivity contribution in [3.63, 3.8) is 0 Å². The van der Waals surface area contributed by atoms with Gasteiger partial charge in [0.05, 0.1) is 11.4 Å². The van der Waals surface area contributed by atoms with Crippen molar-refractivity contribution in [2.24, 2.45) is 28.5 Å². The minimum absolute atomic E-state index is 0.201. The van der Waals surface area contributed by atoms with Gasteiger partial charge in [-0.2, -0.15) is 0 Å². The summed E-state index contributed by atoms with van der Waals surface area (Å²) in [7, 11) is 1.68. The Balaban J connectivity index is 2.01. The Morgan fingerprint density at radius 2 is 1.71 bits per heavy atom. The van der Waals surface area contributed by atoms with Crippen molar-refractivity contribution >= 4 is 29.1 Å². The number of benzene rings is 2. The van der Waals surface area contributed by atoms with Crippen LogP contribution in [-0.4, -0.2) is 36.6 Å². The molecule has 0 saturated heterocycles. The zero-order chi connectivity index (χ0) is 24.8. The largest absolute Gasteiger partial charge is 0.369 e. The molecule has 1 heterocycles. The number of likely N-dealkylation sites (N-methyl/N-ethyl adjacent to an activating group) is 1. The van der Waals surface area contributed by atoms with E-state index in [4.69, 9.17) is 10.7 Å². The predicted octanol–water partition coefficient (Wildman–Crippen LogP) is 3.51. The molecule has 1 aliphatic heterocycles. The predicted molar refractivity (Wildman–Crippen MR) is 134 cm³/mol. The maximum absolute atomic E-state index is 13.5. The number of aliphatic imine (C=N–C) groups is 1. The number of benzodiazepines with no additional fused rings is 1. The molecule has 3 atom stereocenters. The van der Waals surface area contributed by atoms with Gasteiger partial charge < -0.3 is 16.0 Å². The Hall–Kier alpha value is -3.48. The Morgan fingerprint density at radius 1 is 1.06 bits per heavy atom. The summed E-state index contributed by atoms with van der Waals surface area (Å²) in [5.41, 5.74) is 8.69. The lowest BCUT2D eigenvalue weighted by molar-refractivity contribution is -0.136. The smallest absolute Gasteiger partial charge is 0.272 e. The summed E-state index contributed by atoms with van der Waals surface area (Å²) in [5.74, 6) is -2.24. The molecule has 3 rings (SSSR count). The Kier molecular flexibility index (Phi) is 8.21. The van der Waals surface area contributed by atoms with E-state index in [9.17, 15) is 14.4 Å². The van der Waals surface area contributed by atoms with Crippen molar-refractivity contribution in [2.45, 2.75) is 46.2 Å². The molecule has 2 aromatic carbocycles. The number of hydrogen-bond acceptors (Lipinski definition) is 4. The van der Waals surface area contributed by atoms with Crippen LogP contribution in [0.1, 0.15) is 51.2 Å². The van der Waals surface area contributed by atoms with Gasteiger partial charge in [-0.05, 0) is 24.8 Å². The van der Waals surface area contributed by atoms with Gasteiger partial charge in [0.15, 0.2) is 0 Å². The van der Waals surface area contributed by atoms with Crippen LogP contribution in [0.25, 0.3) is 0 Å². The number of amides is 3. The number of anilines is 1. The van der Waals surface area contributed by atoms with Crippen molar-refractivity contribution in [1.29, 1.82) is 0 Å². The van der Waals surface area contributed by atoms with Crippen LogP contribution in [-0.2, 0) is 14.4 Å². The van der Waals surface area contributed by atoms with E-state index < -0.39 is 23.9 Å². The summed E-state index contributed by atoms with van der Waals surface area (Å²) in [6.07, 6.45) is 0.601. The molecule has 7 heteroatoms. The molecule has 1 unspecified atom stereocenters. The molecule has 0 radical (unpaired) electrons. The number of nitrogens with one attached hydrogen (secondary N) is 1. The molecule has 0 aliphatic carbocycles. The molecule has 3 amide bonds. The van der Waals surface area contributed by atoms with Gasteiger partial charge in [0.1, 0.15) is 0 Å². The number of fused-ring (bicyclic) bond motifs is 1. The summed E-state index contributed by atoms with van der Waals surface area (Å²) in [5, 5.41) is 2.84. The van der Waals surface area contributed by atoms with Crippen LogP contribution in [0, 0.1) is 17.8 Å². The van der Waals surface area contributed by atoms with Gasteiger partial charge in [0.25, 0.3) is 5.91 Å². The van der Waals surface area contributed by atoms with Crippen molar-refractivity contribution in [3.8, 4) is 0 Å². The second-order valence-electron chi connectivity index (χ2n) is 9.20. The fourth-order valence-corrected chi connectivity index (χ4v) is 4.50. The van der Waals surface area contributed by atoms with E-state index in [1.807, 2.05) is 75.4 Å². The monoisotopic (exact) mass is 462 g/mol. The van der Waals surface area contributed by atoms with E-state index in [0.717, 1.165) is 11.1 Å². The molecular weight excluding hydrogens is 428 g/mol. The van der Waals surface area contributed by atoms with E-state index in [-0.39, 0.29) is 17.7 Å².